The van der Waals surface area contributed by atoms with Crippen molar-refractivity contribution in [1.82, 2.24) is 4.57 Å². The smallest absolute Gasteiger partial charge is 0.252 e. The van der Waals surface area contributed by atoms with E-state index in [0.29, 0.717) is 0 Å². The van der Waals surface area contributed by atoms with Crippen LogP contribution in [0, 0.1) is 27.7 Å². The van der Waals surface area contributed by atoms with E-state index in [1.165, 1.54) is 128 Å². The lowest BCUT2D eigenvalue weighted by molar-refractivity contribution is 0.332. The van der Waals surface area contributed by atoms with E-state index in [0.717, 1.165) is 12.8 Å². The zero-order chi connectivity index (χ0) is 49.9. The topological polar surface area (TPSA) is 11.4 Å². The average Bonchev–Trinajstić information content (AvgIpc) is 3.59. The van der Waals surface area contributed by atoms with Crippen molar-refractivity contribution in [3.63, 3.8) is 0 Å². The molecule has 0 radical (unpaired) electrons. The Balaban J connectivity index is 1.36. The Labute approximate surface area is 420 Å². The SMILES string of the molecule is Cc1cc(C(C)(C)C)cc(C)c1N1c2cc3c(cc2B2c4cc5c6cc(C(C)(C)C)ccc6n(-c6ccccc6)c5cc4N(c4c(C)cccc4C)c4cc(C(C)(C)C)cc1c42)C(C)(C)CCC3(C)C. The lowest BCUT2D eigenvalue weighted by Gasteiger charge is -2.48. The molecule has 4 heteroatoms. The fraction of sp³-hybridized carbons (Fsp3) is 0.364. The molecule has 0 amide bonds. The molecule has 0 N–H and O–H groups in total. The highest BCUT2D eigenvalue weighted by Crippen LogP contribution is 2.53. The molecular formula is C66H74BN3. The molecule has 70 heavy (non-hydrogen) atoms. The molecule has 1 aliphatic carbocycles. The number of hydrogen-bond donors (Lipinski definition) is 0. The van der Waals surface area contributed by atoms with Crippen LogP contribution in [0.4, 0.5) is 34.1 Å². The van der Waals surface area contributed by atoms with Crippen LogP contribution in [0.5, 0.6) is 0 Å². The van der Waals surface area contributed by atoms with Gasteiger partial charge in [0, 0.05) is 39.2 Å². The zero-order valence-corrected chi connectivity index (χ0v) is 45.3. The van der Waals surface area contributed by atoms with Crippen LogP contribution >= 0.6 is 0 Å². The third-order valence-electron chi connectivity index (χ3n) is 16.9. The summed E-state index contributed by atoms with van der Waals surface area (Å²) < 4.78 is 2.52. The summed E-state index contributed by atoms with van der Waals surface area (Å²) in [5.41, 5.74) is 27.7. The summed E-state index contributed by atoms with van der Waals surface area (Å²) in [6.45, 7) is 40.5. The van der Waals surface area contributed by atoms with Gasteiger partial charge in [0.15, 0.2) is 0 Å². The van der Waals surface area contributed by atoms with Gasteiger partial charge in [0.2, 0.25) is 0 Å². The summed E-state index contributed by atoms with van der Waals surface area (Å²) in [6, 6.07) is 45.8. The van der Waals surface area contributed by atoms with Crippen molar-refractivity contribution < 1.29 is 0 Å². The van der Waals surface area contributed by atoms with Crippen molar-refractivity contribution in [2.45, 2.75) is 158 Å². The largest absolute Gasteiger partial charge is 0.311 e. The first-order valence-electron chi connectivity index (χ1n) is 26.1. The van der Waals surface area contributed by atoms with Crippen LogP contribution in [-0.4, -0.2) is 11.3 Å². The lowest BCUT2D eigenvalue weighted by atomic mass is 9.33. The minimum atomic E-state index is -0.129. The van der Waals surface area contributed by atoms with Gasteiger partial charge in [0.05, 0.1) is 22.4 Å². The second-order valence-corrected chi connectivity index (χ2v) is 26.0. The van der Waals surface area contributed by atoms with Crippen LogP contribution < -0.4 is 26.2 Å². The van der Waals surface area contributed by atoms with Crippen molar-refractivity contribution in [3.8, 4) is 5.69 Å². The number of aryl methyl sites for hydroxylation is 4. The Morgan fingerprint density at radius 2 is 0.914 bits per heavy atom. The van der Waals surface area contributed by atoms with Gasteiger partial charge in [0.1, 0.15) is 0 Å². The Morgan fingerprint density at radius 1 is 0.429 bits per heavy atom. The van der Waals surface area contributed by atoms with E-state index in [9.17, 15) is 0 Å². The molecule has 2 aliphatic heterocycles. The number of rotatable bonds is 3. The number of anilines is 6. The van der Waals surface area contributed by atoms with Crippen LogP contribution in [0.1, 0.15) is 153 Å². The average molecular weight is 920 g/mol. The number of hydrogen-bond acceptors (Lipinski definition) is 2. The molecule has 0 fully saturated rings. The van der Waals surface area contributed by atoms with Crippen LogP contribution in [0.15, 0.2) is 115 Å². The molecule has 8 aromatic rings. The van der Waals surface area contributed by atoms with Gasteiger partial charge in [-0.3, -0.25) is 0 Å². The van der Waals surface area contributed by atoms with Crippen LogP contribution in [-0.2, 0) is 27.1 Å². The summed E-state index contributed by atoms with van der Waals surface area (Å²) >= 11 is 0. The molecule has 0 atom stereocenters. The minimum absolute atomic E-state index is 0.00583. The molecular weight excluding hydrogens is 846 g/mol. The summed E-state index contributed by atoms with van der Waals surface area (Å²) in [5.74, 6) is 0. The van der Waals surface area contributed by atoms with Gasteiger partial charge in [-0.15, -0.1) is 0 Å². The van der Waals surface area contributed by atoms with Crippen molar-refractivity contribution in [2.24, 2.45) is 0 Å². The number of para-hydroxylation sites is 2. The predicted octanol–water partition coefficient (Wildman–Crippen LogP) is 16.3. The quantitative estimate of drug-likeness (QED) is 0.164. The second kappa shape index (κ2) is 15.3. The normalized spacial score (nSPS) is 16.1. The van der Waals surface area contributed by atoms with Gasteiger partial charge < -0.3 is 14.4 Å². The molecule has 0 spiro atoms. The van der Waals surface area contributed by atoms with Crippen molar-refractivity contribution in [3.05, 3.63) is 165 Å². The van der Waals surface area contributed by atoms with Gasteiger partial charge in [-0.2, -0.15) is 0 Å². The lowest BCUT2D eigenvalue weighted by Crippen LogP contribution is -2.62. The predicted molar refractivity (Wildman–Crippen MR) is 305 cm³/mol. The third-order valence-corrected chi connectivity index (χ3v) is 16.9. The highest BCUT2D eigenvalue weighted by Gasteiger charge is 2.48. The summed E-state index contributed by atoms with van der Waals surface area (Å²) in [7, 11) is 0. The van der Waals surface area contributed by atoms with Gasteiger partial charge in [-0.05, 0) is 183 Å². The molecule has 3 aliphatic rings. The molecule has 11 rings (SSSR count). The first-order valence-corrected chi connectivity index (χ1v) is 26.1. The molecule has 0 saturated carbocycles. The summed E-state index contributed by atoms with van der Waals surface area (Å²) in [4.78, 5) is 5.42. The Hall–Kier alpha value is -6.00. The first-order chi connectivity index (χ1) is 32.8. The Morgan fingerprint density at radius 3 is 1.47 bits per heavy atom. The standard InChI is InChI=1S/C66H74BN3/c1-39-22-21-23-40(2)60(39)70-56-38-54-48(47-32-43(62(5,6)7)26-27-53(47)68(54)46-24-19-18-20-25-46)35-51(56)67-52-36-49-50(66(16,17)29-28-65(49,14)15)37-55(52)69(57-33-45(64(11,12)13)34-58(70)59(57)67)61-41(3)30-44(31-42(61)4)63(8,9)10/h18-27,30-38H,28-29H2,1-17H3. The first kappa shape index (κ1) is 46.4. The number of nitrogens with zero attached hydrogens (tertiary/aromatic N) is 3. The van der Waals surface area contributed by atoms with Crippen molar-refractivity contribution in [2.75, 3.05) is 9.80 Å². The number of fused-ring (bicyclic) bond motifs is 8. The summed E-state index contributed by atoms with van der Waals surface area (Å²) in [5, 5.41) is 2.60. The minimum Gasteiger partial charge on any atom is -0.311 e. The number of benzene rings is 7. The zero-order valence-electron chi connectivity index (χ0n) is 45.3. The van der Waals surface area contributed by atoms with Crippen LogP contribution in [0.2, 0.25) is 0 Å². The van der Waals surface area contributed by atoms with E-state index < -0.39 is 0 Å². The molecule has 0 unspecified atom stereocenters. The van der Waals surface area contributed by atoms with E-state index in [1.54, 1.807) is 0 Å². The third kappa shape index (κ3) is 6.97. The molecule has 7 aromatic carbocycles. The number of aromatic nitrogens is 1. The monoisotopic (exact) mass is 920 g/mol. The molecule has 1 aromatic heterocycles. The maximum atomic E-state index is 2.73. The van der Waals surface area contributed by atoms with Crippen molar-refractivity contribution in [1.29, 1.82) is 0 Å². The van der Waals surface area contributed by atoms with E-state index in [2.05, 4.69) is 247 Å². The van der Waals surface area contributed by atoms with Crippen LogP contribution in [0.25, 0.3) is 27.5 Å². The Kier molecular flexibility index (Phi) is 10.1. The fourth-order valence-electron chi connectivity index (χ4n) is 12.7. The van der Waals surface area contributed by atoms with Gasteiger partial charge in [-0.1, -0.05) is 157 Å². The highest BCUT2D eigenvalue weighted by molar-refractivity contribution is 7.00. The highest BCUT2D eigenvalue weighted by atomic mass is 15.2. The van der Waals surface area contributed by atoms with E-state index in [-0.39, 0.29) is 33.8 Å². The summed E-state index contributed by atoms with van der Waals surface area (Å²) in [6.07, 6.45) is 2.33. The van der Waals surface area contributed by atoms with Gasteiger partial charge in [0.25, 0.3) is 6.71 Å². The van der Waals surface area contributed by atoms with Crippen LogP contribution in [0.3, 0.4) is 0 Å². The molecule has 3 heterocycles. The molecule has 3 nitrogen and oxygen atoms in total. The van der Waals surface area contributed by atoms with E-state index in [1.807, 2.05) is 0 Å². The van der Waals surface area contributed by atoms with Crippen molar-refractivity contribution >= 4 is 79.0 Å². The fourth-order valence-corrected chi connectivity index (χ4v) is 12.7. The van der Waals surface area contributed by atoms with Gasteiger partial charge in [-0.25, -0.2) is 0 Å². The van der Waals surface area contributed by atoms with E-state index in [4.69, 9.17) is 0 Å². The molecule has 0 saturated heterocycles. The Bertz CT molecular complexity index is 3440. The van der Waals surface area contributed by atoms with E-state index >= 15 is 0 Å². The molecule has 356 valence electrons. The maximum absolute atomic E-state index is 2.73. The second-order valence-electron chi connectivity index (χ2n) is 26.0. The molecule has 0 bridgehead atoms. The van der Waals surface area contributed by atoms with Gasteiger partial charge >= 0.3 is 0 Å². The maximum Gasteiger partial charge on any atom is 0.252 e.